The molecule has 1 amide bonds. The van der Waals surface area contributed by atoms with Crippen molar-refractivity contribution < 1.29 is 37.9 Å². The van der Waals surface area contributed by atoms with Crippen LogP contribution in [0.3, 0.4) is 0 Å². The molecule has 34 heavy (non-hydrogen) atoms. The molecule has 0 aliphatic carbocycles. The zero-order valence-corrected chi connectivity index (χ0v) is 18.9. The first-order chi connectivity index (χ1) is 16.2. The van der Waals surface area contributed by atoms with Crippen LogP contribution in [0.5, 0.6) is 0 Å². The standard InChI is InChI=1S/C23H26N2O9/c1-12(2)21(28)34-18-13(3)33-23(30)17(24-19(26)16-10-32-25-20(16)27)11-31-22(29)15(18)9-14-7-5-4-6-8-14/h4-8,10,12-13,15,17-18H,9,11H2,1-3H3,(H,24,26)(H,25,27)/t13-,15+,17-,18-/m0/s1. The van der Waals surface area contributed by atoms with Crippen molar-refractivity contribution >= 4 is 23.8 Å². The predicted molar refractivity (Wildman–Crippen MR) is 115 cm³/mol. The van der Waals surface area contributed by atoms with Gasteiger partial charge in [-0.2, -0.15) is 5.16 Å². The molecule has 4 atom stereocenters. The van der Waals surface area contributed by atoms with Gasteiger partial charge in [0.05, 0.1) is 5.92 Å². The number of aromatic nitrogens is 1. The lowest BCUT2D eigenvalue weighted by Crippen LogP contribution is -2.47. The molecule has 182 valence electrons. The van der Waals surface area contributed by atoms with E-state index in [4.69, 9.17) is 14.2 Å². The van der Waals surface area contributed by atoms with Crippen molar-refractivity contribution in [3.63, 3.8) is 0 Å². The Kier molecular flexibility index (Phi) is 7.87. The summed E-state index contributed by atoms with van der Waals surface area (Å²) in [7, 11) is 0. The maximum absolute atomic E-state index is 13.1. The Morgan fingerprint density at radius 2 is 1.85 bits per heavy atom. The molecule has 1 aliphatic heterocycles. The third kappa shape index (κ3) is 5.91. The van der Waals surface area contributed by atoms with E-state index in [-0.39, 0.29) is 12.0 Å². The zero-order chi connectivity index (χ0) is 24.8. The van der Waals surface area contributed by atoms with E-state index in [9.17, 15) is 24.0 Å². The van der Waals surface area contributed by atoms with Gasteiger partial charge in [-0.25, -0.2) is 4.79 Å². The molecule has 11 heteroatoms. The summed E-state index contributed by atoms with van der Waals surface area (Å²) in [4.78, 5) is 62.2. The minimum absolute atomic E-state index is 0.166. The third-order valence-corrected chi connectivity index (χ3v) is 5.29. The lowest BCUT2D eigenvalue weighted by molar-refractivity contribution is -0.176. The lowest BCUT2D eigenvalue weighted by Gasteiger charge is -2.29. The van der Waals surface area contributed by atoms with Gasteiger partial charge < -0.3 is 24.1 Å². The highest BCUT2D eigenvalue weighted by atomic mass is 16.6. The second-order valence-electron chi connectivity index (χ2n) is 8.23. The van der Waals surface area contributed by atoms with Crippen molar-refractivity contribution in [2.75, 3.05) is 6.61 Å². The molecule has 0 saturated carbocycles. The van der Waals surface area contributed by atoms with Gasteiger partial charge in [0, 0.05) is 0 Å². The quantitative estimate of drug-likeness (QED) is 0.460. The van der Waals surface area contributed by atoms with Crippen molar-refractivity contribution in [2.45, 2.75) is 45.4 Å². The molecule has 1 saturated heterocycles. The van der Waals surface area contributed by atoms with E-state index in [1.807, 2.05) is 23.4 Å². The first-order valence-electron chi connectivity index (χ1n) is 10.8. The Labute approximate surface area is 194 Å². The van der Waals surface area contributed by atoms with Gasteiger partial charge in [0.2, 0.25) is 0 Å². The molecule has 1 aromatic carbocycles. The van der Waals surface area contributed by atoms with Gasteiger partial charge in [-0.15, -0.1) is 0 Å². The monoisotopic (exact) mass is 474 g/mol. The van der Waals surface area contributed by atoms with E-state index in [0.29, 0.717) is 0 Å². The summed E-state index contributed by atoms with van der Waals surface area (Å²) >= 11 is 0. The number of ether oxygens (including phenoxy) is 3. The fraction of sp³-hybridized carbons (Fsp3) is 0.435. The molecule has 0 spiro atoms. The smallest absolute Gasteiger partial charge is 0.332 e. The van der Waals surface area contributed by atoms with Crippen LogP contribution in [-0.2, 0) is 35.0 Å². The minimum atomic E-state index is -1.40. The van der Waals surface area contributed by atoms with E-state index < -0.39 is 66.1 Å². The van der Waals surface area contributed by atoms with Gasteiger partial charge in [-0.05, 0) is 18.9 Å². The van der Waals surface area contributed by atoms with E-state index >= 15 is 0 Å². The number of H-pyrrole nitrogens is 1. The van der Waals surface area contributed by atoms with E-state index in [2.05, 4.69) is 9.84 Å². The summed E-state index contributed by atoms with van der Waals surface area (Å²) in [5, 5.41) is 4.27. The van der Waals surface area contributed by atoms with Gasteiger partial charge in [0.25, 0.3) is 11.5 Å². The van der Waals surface area contributed by atoms with Crippen molar-refractivity contribution in [3.05, 3.63) is 58.1 Å². The fourth-order valence-corrected chi connectivity index (χ4v) is 3.39. The molecular formula is C23H26N2O9. The molecule has 11 nitrogen and oxygen atoms in total. The van der Waals surface area contributed by atoms with Crippen molar-refractivity contribution in [3.8, 4) is 0 Å². The largest absolute Gasteiger partial charge is 0.463 e. The minimum Gasteiger partial charge on any atom is -0.463 e. The Bertz CT molecular complexity index is 1090. The van der Waals surface area contributed by atoms with E-state index in [1.165, 1.54) is 6.92 Å². The summed E-state index contributed by atoms with van der Waals surface area (Å²) in [5.41, 5.74) is -0.363. The Balaban J connectivity index is 1.87. The number of cyclic esters (lactones) is 2. The number of hydrogen-bond acceptors (Lipinski definition) is 9. The van der Waals surface area contributed by atoms with Crippen LogP contribution in [0.25, 0.3) is 0 Å². The molecule has 3 rings (SSSR count). The topological polar surface area (TPSA) is 154 Å². The number of carbonyl (C=O) groups excluding carboxylic acids is 4. The number of aromatic amines is 1. The summed E-state index contributed by atoms with van der Waals surface area (Å²) in [6, 6.07) is 7.65. The molecule has 1 aromatic heterocycles. The van der Waals surface area contributed by atoms with Crippen molar-refractivity contribution in [1.29, 1.82) is 0 Å². The van der Waals surface area contributed by atoms with Crippen LogP contribution in [0.4, 0.5) is 0 Å². The van der Waals surface area contributed by atoms with Gasteiger partial charge in [0.15, 0.2) is 12.1 Å². The first kappa shape index (κ1) is 24.7. The molecule has 1 aliphatic rings. The fourth-order valence-electron chi connectivity index (χ4n) is 3.39. The zero-order valence-electron chi connectivity index (χ0n) is 18.9. The molecule has 2 aromatic rings. The summed E-state index contributed by atoms with van der Waals surface area (Å²) in [5.74, 6) is -4.58. The normalized spacial score (nSPS) is 23.2. The Hall–Kier alpha value is -3.89. The van der Waals surface area contributed by atoms with Crippen LogP contribution in [0.15, 0.2) is 45.9 Å². The first-order valence-corrected chi connectivity index (χ1v) is 10.8. The van der Waals surface area contributed by atoms with Crippen molar-refractivity contribution in [2.24, 2.45) is 11.8 Å². The van der Waals surface area contributed by atoms with Crippen molar-refractivity contribution in [1.82, 2.24) is 10.5 Å². The molecule has 2 heterocycles. The number of carbonyl (C=O) groups is 4. The van der Waals surface area contributed by atoms with Crippen LogP contribution in [-0.4, -0.2) is 53.8 Å². The number of benzene rings is 1. The maximum atomic E-state index is 13.1. The molecule has 0 radical (unpaired) electrons. The van der Waals surface area contributed by atoms with Crippen LogP contribution >= 0.6 is 0 Å². The Morgan fingerprint density at radius 3 is 2.47 bits per heavy atom. The highest BCUT2D eigenvalue weighted by Gasteiger charge is 2.42. The molecule has 1 fully saturated rings. The van der Waals surface area contributed by atoms with E-state index in [1.54, 1.807) is 26.0 Å². The van der Waals surface area contributed by atoms with Gasteiger partial charge in [-0.3, -0.25) is 19.2 Å². The summed E-state index contributed by atoms with van der Waals surface area (Å²) < 4.78 is 21.0. The number of hydrogen-bond donors (Lipinski definition) is 2. The highest BCUT2D eigenvalue weighted by molar-refractivity contribution is 5.96. The van der Waals surface area contributed by atoms with Crippen LogP contribution in [0.1, 0.15) is 36.7 Å². The lowest BCUT2D eigenvalue weighted by atomic mass is 9.91. The third-order valence-electron chi connectivity index (χ3n) is 5.29. The van der Waals surface area contributed by atoms with Crippen LogP contribution in [0, 0.1) is 11.8 Å². The highest BCUT2D eigenvalue weighted by Crippen LogP contribution is 2.24. The summed E-state index contributed by atoms with van der Waals surface area (Å²) in [6.07, 6.45) is -1.10. The maximum Gasteiger partial charge on any atom is 0.332 e. The second kappa shape index (κ2) is 10.8. The molecule has 0 unspecified atom stereocenters. The molecular weight excluding hydrogens is 448 g/mol. The number of esters is 3. The number of nitrogens with one attached hydrogen (secondary N) is 2. The SMILES string of the molecule is CC(C)C(=O)O[C@H]1[C@H](C)OC(=O)[C@@H](NC(=O)c2co[nH]c2=O)COC(=O)[C@@H]1Cc1ccccc1. The predicted octanol–water partition coefficient (Wildman–Crippen LogP) is 0.982. The van der Waals surface area contributed by atoms with Gasteiger partial charge in [-0.1, -0.05) is 44.2 Å². The number of rotatable bonds is 6. The van der Waals surface area contributed by atoms with Crippen LogP contribution < -0.4 is 10.9 Å². The molecule has 0 bridgehead atoms. The van der Waals surface area contributed by atoms with E-state index in [0.717, 1.165) is 11.8 Å². The van der Waals surface area contributed by atoms with Gasteiger partial charge in [0.1, 0.15) is 30.5 Å². The molecule has 2 N–H and O–H groups in total. The summed E-state index contributed by atoms with van der Waals surface area (Å²) in [6.45, 7) is 4.23. The second-order valence-corrected chi connectivity index (χ2v) is 8.23. The van der Waals surface area contributed by atoms with Crippen LogP contribution in [0.2, 0.25) is 0 Å². The number of amides is 1. The average molecular weight is 474 g/mol. The average Bonchev–Trinajstić information content (AvgIpc) is 3.25. The van der Waals surface area contributed by atoms with Gasteiger partial charge >= 0.3 is 17.9 Å². The Morgan fingerprint density at radius 1 is 1.15 bits per heavy atom.